The van der Waals surface area contributed by atoms with Gasteiger partial charge in [-0.3, -0.25) is 4.79 Å². The van der Waals surface area contributed by atoms with Gasteiger partial charge in [0.05, 0.1) is 6.21 Å². The number of benzene rings is 1. The molecule has 0 heterocycles. The smallest absolute Gasteiger partial charge is 0.191 e. The zero-order valence-electron chi connectivity index (χ0n) is 17.6. The van der Waals surface area contributed by atoms with E-state index in [1.807, 2.05) is 12.3 Å². The molecule has 2 unspecified atom stereocenters. The maximum Gasteiger partial charge on any atom is 0.191 e. The maximum atomic E-state index is 13.2. The molecule has 3 rings (SSSR count). The van der Waals surface area contributed by atoms with Crippen LogP contribution in [0.3, 0.4) is 0 Å². The van der Waals surface area contributed by atoms with E-state index in [0.29, 0.717) is 24.6 Å². The Morgan fingerprint density at radius 1 is 1.36 bits per heavy atom. The van der Waals surface area contributed by atoms with Crippen LogP contribution in [-0.2, 0) is 10.3 Å². The molecule has 1 aromatic carbocycles. The molecule has 0 aliphatic heterocycles. The van der Waals surface area contributed by atoms with Gasteiger partial charge in [-0.05, 0) is 54.3 Å². The van der Waals surface area contributed by atoms with Gasteiger partial charge in [0.25, 0.3) is 0 Å². The van der Waals surface area contributed by atoms with E-state index in [1.54, 1.807) is 0 Å². The van der Waals surface area contributed by atoms with Gasteiger partial charge in [0.2, 0.25) is 0 Å². The molecule has 4 atom stereocenters. The van der Waals surface area contributed by atoms with Crippen LogP contribution in [0.2, 0.25) is 0 Å². The molecule has 2 aliphatic rings. The molecule has 1 fully saturated rings. The number of rotatable bonds is 6. The molecule has 154 valence electrons. The van der Waals surface area contributed by atoms with Crippen molar-refractivity contribution >= 4 is 12.0 Å². The number of aliphatic hydroxyl groups is 1. The van der Waals surface area contributed by atoms with Crippen LogP contribution >= 0.6 is 0 Å². The van der Waals surface area contributed by atoms with Gasteiger partial charge in [0, 0.05) is 16.9 Å². The highest BCUT2D eigenvalue weighted by atomic mass is 16.6. The number of aliphatic hydroxyl groups excluding tert-OH is 1. The van der Waals surface area contributed by atoms with Crippen molar-refractivity contribution in [2.75, 3.05) is 13.2 Å². The number of hydrogen-bond donors (Lipinski definition) is 2. The lowest BCUT2D eigenvalue weighted by atomic mass is 9.49. The fourth-order valence-electron chi connectivity index (χ4n) is 5.32. The molecule has 28 heavy (non-hydrogen) atoms. The van der Waals surface area contributed by atoms with Gasteiger partial charge in [0.1, 0.15) is 12.7 Å². The summed E-state index contributed by atoms with van der Waals surface area (Å²) < 4.78 is 0. The normalized spacial score (nSPS) is 32.5. The van der Waals surface area contributed by atoms with E-state index in [4.69, 9.17) is 10.6 Å². The molecule has 3 N–H and O–H groups in total. The minimum atomic E-state index is -1.03. The van der Waals surface area contributed by atoms with Crippen LogP contribution in [0.25, 0.3) is 0 Å². The number of Topliss-reactive ketones (excluding diaryl/α,β-unsaturated/α-hetero) is 1. The Morgan fingerprint density at radius 3 is 2.79 bits per heavy atom. The summed E-state index contributed by atoms with van der Waals surface area (Å²) >= 11 is 0. The molecule has 0 radical (unpaired) electrons. The SMILES string of the molecule is CC(C)c1ccc2c(c1)C(=O)C(O)C1[C@@](C)(/C=N/OCCCN)CCC[C@]21C. The Kier molecular flexibility index (Phi) is 5.97. The number of nitrogens with two attached hydrogens (primary N) is 1. The van der Waals surface area contributed by atoms with Gasteiger partial charge < -0.3 is 15.7 Å². The van der Waals surface area contributed by atoms with E-state index in [2.05, 4.69) is 45.0 Å². The Morgan fingerprint density at radius 2 is 2.11 bits per heavy atom. The van der Waals surface area contributed by atoms with Crippen LogP contribution in [0.1, 0.15) is 80.8 Å². The van der Waals surface area contributed by atoms with Crippen molar-refractivity contribution < 1.29 is 14.7 Å². The predicted octanol–water partition coefficient (Wildman–Crippen LogP) is 3.78. The van der Waals surface area contributed by atoms with E-state index in [1.165, 1.54) is 0 Å². The molecule has 0 spiro atoms. The Hall–Kier alpha value is -1.72. The second-order valence-electron chi connectivity index (χ2n) is 9.23. The number of carbonyl (C=O) groups is 1. The highest BCUT2D eigenvalue weighted by molar-refractivity contribution is 6.03. The molecule has 5 nitrogen and oxygen atoms in total. The van der Waals surface area contributed by atoms with Crippen molar-refractivity contribution in [3.05, 3.63) is 34.9 Å². The maximum absolute atomic E-state index is 13.2. The fourth-order valence-corrected chi connectivity index (χ4v) is 5.32. The number of hydrogen-bond acceptors (Lipinski definition) is 5. The van der Waals surface area contributed by atoms with Gasteiger partial charge >= 0.3 is 0 Å². The third kappa shape index (κ3) is 3.50. The lowest BCUT2D eigenvalue weighted by Crippen LogP contribution is -2.58. The summed E-state index contributed by atoms with van der Waals surface area (Å²) in [7, 11) is 0. The molecule has 1 saturated carbocycles. The standard InChI is InChI=1S/C23H34N2O3/c1-15(2)16-7-8-18-17(13-16)19(26)20(27)21-22(3,9-5-10-23(18,21)4)14-25-28-12-6-11-24/h7-8,13-15,20-21,27H,5-6,9-12,24H2,1-4H3/b25-14+/t20?,21?,22-,23-/m1/s1. The van der Waals surface area contributed by atoms with Crippen LogP contribution in [0.4, 0.5) is 0 Å². The summed E-state index contributed by atoms with van der Waals surface area (Å²) in [6.07, 6.45) is 4.39. The summed E-state index contributed by atoms with van der Waals surface area (Å²) in [6.45, 7) is 9.57. The molecule has 1 aromatic rings. The van der Waals surface area contributed by atoms with Crippen molar-refractivity contribution in [1.82, 2.24) is 0 Å². The summed E-state index contributed by atoms with van der Waals surface area (Å²) in [5.41, 5.74) is 7.71. The Bertz CT molecular complexity index is 760. The minimum Gasteiger partial charge on any atom is -0.396 e. The lowest BCUT2D eigenvalue weighted by Gasteiger charge is -2.55. The summed E-state index contributed by atoms with van der Waals surface area (Å²) in [5, 5.41) is 15.3. The highest BCUT2D eigenvalue weighted by Crippen LogP contribution is 2.56. The molecule has 5 heteroatoms. The number of nitrogens with zero attached hydrogens (tertiary/aromatic N) is 1. The van der Waals surface area contributed by atoms with Crippen molar-refractivity contribution in [3.63, 3.8) is 0 Å². The van der Waals surface area contributed by atoms with Crippen LogP contribution in [0.15, 0.2) is 23.4 Å². The van der Waals surface area contributed by atoms with E-state index < -0.39 is 11.5 Å². The van der Waals surface area contributed by atoms with E-state index in [9.17, 15) is 9.90 Å². The van der Waals surface area contributed by atoms with E-state index >= 15 is 0 Å². The first-order valence-electron chi connectivity index (χ1n) is 10.5. The van der Waals surface area contributed by atoms with Crippen molar-refractivity contribution in [3.8, 4) is 0 Å². The molecule has 0 saturated heterocycles. The number of fused-ring (bicyclic) bond motifs is 3. The fraction of sp³-hybridized carbons (Fsp3) is 0.652. The van der Waals surface area contributed by atoms with Gasteiger partial charge in [-0.25, -0.2) is 0 Å². The molecule has 2 aliphatic carbocycles. The van der Waals surface area contributed by atoms with Crippen molar-refractivity contribution in [1.29, 1.82) is 0 Å². The second-order valence-corrected chi connectivity index (χ2v) is 9.23. The molecular formula is C23H34N2O3. The number of carbonyl (C=O) groups excluding carboxylic acids is 1. The van der Waals surface area contributed by atoms with Crippen molar-refractivity contribution in [2.24, 2.45) is 22.2 Å². The average Bonchev–Trinajstić information content (AvgIpc) is 2.65. The third-order valence-electron chi connectivity index (χ3n) is 6.85. The lowest BCUT2D eigenvalue weighted by molar-refractivity contribution is -0.0184. The first kappa shape index (κ1) is 21.0. The van der Waals surface area contributed by atoms with Gasteiger partial charge in [0.15, 0.2) is 5.78 Å². The number of oxime groups is 1. The van der Waals surface area contributed by atoms with Crippen LogP contribution in [0, 0.1) is 11.3 Å². The van der Waals surface area contributed by atoms with Crippen LogP contribution in [-0.4, -0.2) is 36.4 Å². The van der Waals surface area contributed by atoms with Crippen LogP contribution in [0.5, 0.6) is 0 Å². The first-order valence-corrected chi connectivity index (χ1v) is 10.5. The monoisotopic (exact) mass is 386 g/mol. The third-order valence-corrected chi connectivity index (χ3v) is 6.85. The van der Waals surface area contributed by atoms with Gasteiger partial charge in [-0.15, -0.1) is 0 Å². The molecule has 0 aromatic heterocycles. The highest BCUT2D eigenvalue weighted by Gasteiger charge is 2.57. The summed E-state index contributed by atoms with van der Waals surface area (Å²) in [4.78, 5) is 18.5. The predicted molar refractivity (Wildman–Crippen MR) is 112 cm³/mol. The number of ketones is 1. The molecule has 0 amide bonds. The van der Waals surface area contributed by atoms with Gasteiger partial charge in [-0.1, -0.05) is 51.4 Å². The van der Waals surface area contributed by atoms with Gasteiger partial charge in [-0.2, -0.15) is 0 Å². The van der Waals surface area contributed by atoms with E-state index in [0.717, 1.165) is 36.8 Å². The zero-order chi connectivity index (χ0) is 20.5. The Labute approximate surface area is 168 Å². The largest absolute Gasteiger partial charge is 0.396 e. The molecular weight excluding hydrogens is 352 g/mol. The minimum absolute atomic E-state index is 0.162. The average molecular weight is 387 g/mol. The zero-order valence-corrected chi connectivity index (χ0v) is 17.6. The van der Waals surface area contributed by atoms with Crippen molar-refractivity contribution in [2.45, 2.75) is 70.8 Å². The Balaban J connectivity index is 2.00. The summed E-state index contributed by atoms with van der Waals surface area (Å²) in [6, 6.07) is 6.23. The second kappa shape index (κ2) is 7.96. The summed E-state index contributed by atoms with van der Waals surface area (Å²) in [5.74, 6) is -0.0405. The van der Waals surface area contributed by atoms with Crippen LogP contribution < -0.4 is 5.73 Å². The topological polar surface area (TPSA) is 84.9 Å². The quantitative estimate of drug-likeness (QED) is 0.443. The first-order chi connectivity index (χ1) is 13.2. The molecule has 0 bridgehead atoms. The van der Waals surface area contributed by atoms with E-state index in [-0.39, 0.29) is 17.1 Å².